The van der Waals surface area contributed by atoms with Gasteiger partial charge in [0.25, 0.3) is 0 Å². The van der Waals surface area contributed by atoms with Crippen molar-refractivity contribution in [2.45, 2.75) is 57.3 Å². The van der Waals surface area contributed by atoms with Crippen molar-refractivity contribution >= 4 is 5.91 Å². The number of rotatable bonds is 3. The Morgan fingerprint density at radius 2 is 1.70 bits per heavy atom. The van der Waals surface area contributed by atoms with Gasteiger partial charge in [0.2, 0.25) is 5.91 Å². The molecular weight excluding hydrogens is 286 g/mol. The molecule has 1 atom stereocenters. The molecule has 126 valence electrons. The van der Waals surface area contributed by atoms with Gasteiger partial charge >= 0.3 is 0 Å². The molecule has 1 amide bonds. The van der Waals surface area contributed by atoms with Gasteiger partial charge < -0.3 is 9.64 Å². The maximum absolute atomic E-state index is 12.9. The first-order valence-corrected chi connectivity index (χ1v) is 9.20. The van der Waals surface area contributed by atoms with E-state index in [4.69, 9.17) is 4.74 Å². The summed E-state index contributed by atoms with van der Waals surface area (Å²) in [4.78, 5) is 15.1. The molecule has 2 aliphatic rings. The van der Waals surface area contributed by atoms with Gasteiger partial charge in [-0.3, -0.25) is 4.79 Å². The first-order valence-electron chi connectivity index (χ1n) is 9.20. The van der Waals surface area contributed by atoms with Crippen LogP contribution in [0, 0.1) is 5.92 Å². The van der Waals surface area contributed by atoms with Gasteiger partial charge in [-0.25, -0.2) is 0 Å². The Bertz CT molecular complexity index is 505. The molecule has 1 aliphatic carbocycles. The van der Waals surface area contributed by atoms with E-state index >= 15 is 0 Å². The number of methoxy groups -OCH3 is 1. The third kappa shape index (κ3) is 4.07. The summed E-state index contributed by atoms with van der Waals surface area (Å²) in [5.74, 6) is 2.08. The minimum Gasteiger partial charge on any atom is -0.497 e. The maximum atomic E-state index is 12.9. The van der Waals surface area contributed by atoms with E-state index in [1.54, 1.807) is 7.11 Å². The zero-order valence-corrected chi connectivity index (χ0v) is 14.3. The second-order valence-corrected chi connectivity index (χ2v) is 7.09. The highest BCUT2D eigenvalue weighted by Gasteiger charge is 2.29. The normalized spacial score (nSPS) is 23.3. The summed E-state index contributed by atoms with van der Waals surface area (Å²) in [5.41, 5.74) is 1.34. The van der Waals surface area contributed by atoms with Crippen molar-refractivity contribution in [3.05, 3.63) is 29.8 Å². The maximum Gasteiger partial charge on any atom is 0.225 e. The molecule has 3 rings (SSSR count). The van der Waals surface area contributed by atoms with Crippen LogP contribution in [-0.2, 0) is 4.79 Å². The molecule has 3 nitrogen and oxygen atoms in total. The molecule has 0 aromatic heterocycles. The number of carbonyl (C=O) groups excluding carboxylic acids is 1. The molecule has 1 saturated carbocycles. The van der Waals surface area contributed by atoms with Gasteiger partial charge in [-0.2, -0.15) is 0 Å². The van der Waals surface area contributed by atoms with E-state index in [2.05, 4.69) is 17.0 Å². The van der Waals surface area contributed by atoms with Crippen LogP contribution in [-0.4, -0.2) is 31.0 Å². The Balaban J connectivity index is 1.68. The predicted molar refractivity (Wildman–Crippen MR) is 92.7 cm³/mol. The summed E-state index contributed by atoms with van der Waals surface area (Å²) >= 11 is 0. The van der Waals surface area contributed by atoms with E-state index in [0.717, 1.165) is 38.1 Å². The Kier molecular flexibility index (Phi) is 5.58. The summed E-state index contributed by atoms with van der Waals surface area (Å²) in [7, 11) is 1.70. The monoisotopic (exact) mass is 315 g/mol. The van der Waals surface area contributed by atoms with Crippen LogP contribution < -0.4 is 4.74 Å². The molecule has 3 heteroatoms. The van der Waals surface area contributed by atoms with Crippen molar-refractivity contribution in [1.29, 1.82) is 0 Å². The van der Waals surface area contributed by atoms with E-state index in [-0.39, 0.29) is 0 Å². The van der Waals surface area contributed by atoms with Crippen LogP contribution in [0.2, 0.25) is 0 Å². The minimum atomic E-state index is 0.290. The fourth-order valence-corrected chi connectivity index (χ4v) is 4.10. The van der Waals surface area contributed by atoms with Gasteiger partial charge in [0.05, 0.1) is 7.11 Å². The number of carbonyl (C=O) groups is 1. The van der Waals surface area contributed by atoms with Gasteiger partial charge in [-0.05, 0) is 43.4 Å². The van der Waals surface area contributed by atoms with Crippen molar-refractivity contribution in [1.82, 2.24) is 4.90 Å². The van der Waals surface area contributed by atoms with Crippen molar-refractivity contribution in [2.75, 3.05) is 20.2 Å². The Hall–Kier alpha value is -1.51. The van der Waals surface area contributed by atoms with Crippen molar-refractivity contribution in [3.63, 3.8) is 0 Å². The topological polar surface area (TPSA) is 29.5 Å². The number of hydrogen-bond donors (Lipinski definition) is 0. The van der Waals surface area contributed by atoms with Crippen LogP contribution in [0.4, 0.5) is 0 Å². The highest BCUT2D eigenvalue weighted by atomic mass is 16.5. The number of benzene rings is 1. The van der Waals surface area contributed by atoms with E-state index in [1.165, 1.54) is 37.7 Å². The lowest BCUT2D eigenvalue weighted by Crippen LogP contribution is -2.39. The Morgan fingerprint density at radius 3 is 2.39 bits per heavy atom. The van der Waals surface area contributed by atoms with E-state index in [1.807, 2.05) is 12.1 Å². The lowest BCUT2D eigenvalue weighted by molar-refractivity contribution is -0.136. The van der Waals surface area contributed by atoms with Gasteiger partial charge in [0.15, 0.2) is 0 Å². The minimum absolute atomic E-state index is 0.290. The Morgan fingerprint density at radius 1 is 1.00 bits per heavy atom. The van der Waals surface area contributed by atoms with Gasteiger partial charge in [-0.15, -0.1) is 0 Å². The largest absolute Gasteiger partial charge is 0.497 e. The molecule has 0 spiro atoms. The van der Waals surface area contributed by atoms with Crippen molar-refractivity contribution in [3.8, 4) is 5.75 Å². The number of amides is 1. The summed E-state index contributed by atoms with van der Waals surface area (Å²) in [5, 5.41) is 0. The lowest BCUT2D eigenvalue weighted by atomic mass is 9.88. The summed E-state index contributed by atoms with van der Waals surface area (Å²) in [6, 6.07) is 8.40. The highest BCUT2D eigenvalue weighted by molar-refractivity contribution is 5.79. The zero-order valence-electron chi connectivity index (χ0n) is 14.3. The number of nitrogens with zero attached hydrogens (tertiary/aromatic N) is 1. The molecule has 0 bridgehead atoms. The molecule has 1 saturated heterocycles. The summed E-state index contributed by atoms with van der Waals surface area (Å²) in [6.45, 7) is 1.84. The molecule has 0 radical (unpaired) electrons. The van der Waals surface area contributed by atoms with Crippen molar-refractivity contribution in [2.24, 2.45) is 5.92 Å². The van der Waals surface area contributed by atoms with Gasteiger partial charge in [-0.1, -0.05) is 37.8 Å². The average Bonchev–Trinajstić information content (AvgIpc) is 2.88. The van der Waals surface area contributed by atoms with Crippen LogP contribution in [0.5, 0.6) is 5.75 Å². The average molecular weight is 315 g/mol. The smallest absolute Gasteiger partial charge is 0.225 e. The van der Waals surface area contributed by atoms with Crippen LogP contribution in [0.15, 0.2) is 24.3 Å². The SMILES string of the molecule is COc1ccc(C2CCCCN(C(=O)C3CCCCC3)C2)cc1. The van der Waals surface area contributed by atoms with Gasteiger partial charge in [0, 0.05) is 24.9 Å². The fraction of sp³-hybridized carbons (Fsp3) is 0.650. The quantitative estimate of drug-likeness (QED) is 0.829. The number of hydrogen-bond acceptors (Lipinski definition) is 2. The molecular formula is C20H29NO2. The second-order valence-electron chi connectivity index (χ2n) is 7.09. The zero-order chi connectivity index (χ0) is 16.1. The third-order valence-electron chi connectivity index (χ3n) is 5.52. The molecule has 1 aliphatic heterocycles. The number of ether oxygens (including phenoxy) is 1. The first kappa shape index (κ1) is 16.4. The van der Waals surface area contributed by atoms with Crippen LogP contribution in [0.1, 0.15) is 62.8 Å². The van der Waals surface area contributed by atoms with E-state index < -0.39 is 0 Å². The lowest BCUT2D eigenvalue weighted by Gasteiger charge is -2.30. The highest BCUT2D eigenvalue weighted by Crippen LogP contribution is 2.31. The summed E-state index contributed by atoms with van der Waals surface area (Å²) < 4.78 is 5.26. The molecule has 23 heavy (non-hydrogen) atoms. The molecule has 1 unspecified atom stereocenters. The predicted octanol–water partition coefficient (Wildman–Crippen LogP) is 4.37. The third-order valence-corrected chi connectivity index (χ3v) is 5.52. The van der Waals surface area contributed by atoms with Gasteiger partial charge in [0.1, 0.15) is 5.75 Å². The first-order chi connectivity index (χ1) is 11.3. The second kappa shape index (κ2) is 7.85. The molecule has 1 aromatic carbocycles. The fourth-order valence-electron chi connectivity index (χ4n) is 4.10. The van der Waals surface area contributed by atoms with Crippen LogP contribution in [0.25, 0.3) is 0 Å². The Labute approximate surface area is 140 Å². The molecule has 0 N–H and O–H groups in total. The standard InChI is InChI=1S/C20H29NO2/c1-23-19-12-10-16(11-13-19)18-9-5-6-14-21(15-18)20(22)17-7-3-2-4-8-17/h10-13,17-18H,2-9,14-15H2,1H3. The summed E-state index contributed by atoms with van der Waals surface area (Å²) in [6.07, 6.45) is 9.50. The number of likely N-dealkylation sites (tertiary alicyclic amines) is 1. The van der Waals surface area contributed by atoms with Crippen LogP contribution >= 0.6 is 0 Å². The molecule has 2 fully saturated rings. The van der Waals surface area contributed by atoms with Crippen LogP contribution in [0.3, 0.4) is 0 Å². The van der Waals surface area contributed by atoms with Crippen molar-refractivity contribution < 1.29 is 9.53 Å². The van der Waals surface area contributed by atoms with E-state index in [9.17, 15) is 4.79 Å². The molecule has 1 aromatic rings. The van der Waals surface area contributed by atoms with E-state index in [0.29, 0.717) is 17.7 Å². The molecule has 1 heterocycles.